The standard InChI is InChI=1S/C62H40N2O/c1-2-21-48-41(16-1)34-35-45-38-43(36-37-49(45)48)42-17-13-19-46(39-42)63(47-20-14-18-44(40-47)50-27-15-28-56-55-26-7-12-33-61(55)65-62(50)56)57-29-8-3-22-51(57)52-23-4-9-30-58(52)64-59-31-10-5-24-53(59)54-25-6-11-32-60(54)64/h1-40H. The largest absolute Gasteiger partial charge is 0.455 e. The molecule has 0 radical (unpaired) electrons. The zero-order chi connectivity index (χ0) is 42.8. The molecule has 304 valence electrons. The van der Waals surface area contributed by atoms with E-state index in [1.54, 1.807) is 0 Å². The van der Waals surface area contributed by atoms with E-state index < -0.39 is 0 Å². The Balaban J connectivity index is 1.02. The van der Waals surface area contributed by atoms with Gasteiger partial charge in [0.1, 0.15) is 11.2 Å². The van der Waals surface area contributed by atoms with Crippen molar-refractivity contribution in [3.63, 3.8) is 0 Å². The Bertz CT molecular complexity index is 3930. The van der Waals surface area contributed by atoms with Gasteiger partial charge in [-0.2, -0.15) is 0 Å². The van der Waals surface area contributed by atoms with Crippen LogP contribution in [0.1, 0.15) is 0 Å². The number of nitrogens with zero attached hydrogens (tertiary/aromatic N) is 2. The number of aromatic nitrogens is 1. The van der Waals surface area contributed by atoms with Crippen molar-refractivity contribution in [1.29, 1.82) is 0 Å². The molecule has 0 N–H and O–H groups in total. The SMILES string of the molecule is c1cc(-c2ccc3c(ccc4ccccc43)c2)cc(N(c2cccc(-c3cccc4c3oc3ccccc34)c2)c2ccccc2-c2ccccc2-n2c3ccccc3c3ccccc32)c1. The molecule has 0 saturated carbocycles. The van der Waals surface area contributed by atoms with Gasteiger partial charge in [-0.3, -0.25) is 0 Å². The Morgan fingerprint density at radius 2 is 0.877 bits per heavy atom. The Morgan fingerprint density at radius 1 is 0.323 bits per heavy atom. The Hall–Kier alpha value is -8.66. The van der Waals surface area contributed by atoms with Gasteiger partial charge in [0, 0.05) is 49.6 Å². The van der Waals surface area contributed by atoms with Crippen molar-refractivity contribution < 1.29 is 4.42 Å². The molecule has 13 aromatic rings. The van der Waals surface area contributed by atoms with Gasteiger partial charge >= 0.3 is 0 Å². The lowest BCUT2D eigenvalue weighted by Crippen LogP contribution is -2.12. The molecule has 0 amide bonds. The molecule has 3 nitrogen and oxygen atoms in total. The summed E-state index contributed by atoms with van der Waals surface area (Å²) < 4.78 is 9.03. The van der Waals surface area contributed by atoms with E-state index in [0.29, 0.717) is 0 Å². The van der Waals surface area contributed by atoms with E-state index in [-0.39, 0.29) is 0 Å². The normalized spacial score (nSPS) is 11.7. The van der Waals surface area contributed by atoms with E-state index in [1.807, 2.05) is 6.07 Å². The molecule has 0 aliphatic rings. The van der Waals surface area contributed by atoms with Crippen molar-refractivity contribution in [3.8, 4) is 39.1 Å². The first-order chi connectivity index (χ1) is 32.2. The summed E-state index contributed by atoms with van der Waals surface area (Å²) in [5, 5.41) is 9.72. The molecule has 0 bridgehead atoms. The summed E-state index contributed by atoms with van der Waals surface area (Å²) in [6.07, 6.45) is 0. The van der Waals surface area contributed by atoms with Gasteiger partial charge in [0.25, 0.3) is 0 Å². The number of fused-ring (bicyclic) bond motifs is 9. The molecule has 0 saturated heterocycles. The third-order valence-corrected chi connectivity index (χ3v) is 13.2. The Morgan fingerprint density at radius 3 is 1.69 bits per heavy atom. The summed E-state index contributed by atoms with van der Waals surface area (Å²) in [5.74, 6) is 0. The van der Waals surface area contributed by atoms with E-state index in [0.717, 1.165) is 72.5 Å². The summed E-state index contributed by atoms with van der Waals surface area (Å²) in [5.41, 5.74) is 15.2. The smallest absolute Gasteiger partial charge is 0.143 e. The first-order valence-electron chi connectivity index (χ1n) is 22.2. The first-order valence-corrected chi connectivity index (χ1v) is 22.2. The lowest BCUT2D eigenvalue weighted by molar-refractivity contribution is 0.670. The fraction of sp³-hybridized carbons (Fsp3) is 0. The maximum atomic E-state index is 6.60. The van der Waals surface area contributed by atoms with Crippen molar-refractivity contribution in [2.24, 2.45) is 0 Å². The fourth-order valence-corrected chi connectivity index (χ4v) is 10.2. The van der Waals surface area contributed by atoms with Gasteiger partial charge in [0.05, 0.1) is 22.4 Å². The molecule has 13 rings (SSSR count). The number of furan rings is 1. The van der Waals surface area contributed by atoms with Crippen LogP contribution in [0.3, 0.4) is 0 Å². The summed E-state index contributed by atoms with van der Waals surface area (Å²) in [6, 6.07) is 87.8. The molecular formula is C62H40N2O. The molecule has 11 aromatic carbocycles. The van der Waals surface area contributed by atoms with Crippen LogP contribution in [0.15, 0.2) is 247 Å². The molecule has 65 heavy (non-hydrogen) atoms. The predicted octanol–water partition coefficient (Wildman–Crippen LogP) is 17.5. The maximum Gasteiger partial charge on any atom is 0.143 e. The summed E-state index contributed by atoms with van der Waals surface area (Å²) in [4.78, 5) is 2.43. The summed E-state index contributed by atoms with van der Waals surface area (Å²) in [6.45, 7) is 0. The molecule has 0 spiro atoms. The van der Waals surface area contributed by atoms with Crippen LogP contribution in [0.25, 0.3) is 104 Å². The van der Waals surface area contributed by atoms with Crippen molar-refractivity contribution in [1.82, 2.24) is 4.57 Å². The van der Waals surface area contributed by atoms with Gasteiger partial charge in [0.15, 0.2) is 0 Å². The van der Waals surface area contributed by atoms with Crippen LogP contribution in [0, 0.1) is 0 Å². The summed E-state index contributed by atoms with van der Waals surface area (Å²) >= 11 is 0. The van der Waals surface area contributed by atoms with E-state index >= 15 is 0 Å². The topological polar surface area (TPSA) is 21.3 Å². The van der Waals surface area contributed by atoms with E-state index in [1.165, 1.54) is 48.9 Å². The number of benzene rings is 11. The van der Waals surface area contributed by atoms with Crippen LogP contribution < -0.4 is 4.90 Å². The average molecular weight is 829 g/mol. The lowest BCUT2D eigenvalue weighted by atomic mass is 9.96. The first kappa shape index (κ1) is 36.9. The van der Waals surface area contributed by atoms with Gasteiger partial charge in [0.2, 0.25) is 0 Å². The van der Waals surface area contributed by atoms with Gasteiger partial charge in [-0.05, 0) is 98.9 Å². The zero-order valence-electron chi connectivity index (χ0n) is 35.4. The molecule has 0 atom stereocenters. The summed E-state index contributed by atoms with van der Waals surface area (Å²) in [7, 11) is 0. The number of rotatable bonds is 7. The van der Waals surface area contributed by atoms with E-state index in [4.69, 9.17) is 4.42 Å². The zero-order valence-corrected chi connectivity index (χ0v) is 35.4. The van der Waals surface area contributed by atoms with Crippen LogP contribution in [0.5, 0.6) is 0 Å². The van der Waals surface area contributed by atoms with Crippen molar-refractivity contribution in [2.45, 2.75) is 0 Å². The van der Waals surface area contributed by atoms with Crippen LogP contribution in [0.4, 0.5) is 17.1 Å². The van der Waals surface area contributed by atoms with Crippen LogP contribution in [0.2, 0.25) is 0 Å². The number of anilines is 3. The average Bonchev–Trinajstić information content (AvgIpc) is 3.93. The second-order valence-electron chi connectivity index (χ2n) is 16.8. The minimum atomic E-state index is 0.891. The second kappa shape index (κ2) is 15.0. The quantitative estimate of drug-likeness (QED) is 0.149. The van der Waals surface area contributed by atoms with Crippen LogP contribution >= 0.6 is 0 Å². The minimum absolute atomic E-state index is 0.891. The molecule has 2 aromatic heterocycles. The molecule has 2 heterocycles. The van der Waals surface area contributed by atoms with Crippen molar-refractivity contribution in [2.75, 3.05) is 4.90 Å². The highest BCUT2D eigenvalue weighted by Gasteiger charge is 2.22. The molecular weight excluding hydrogens is 789 g/mol. The highest BCUT2D eigenvalue weighted by molar-refractivity contribution is 6.12. The molecule has 0 unspecified atom stereocenters. The molecule has 0 fully saturated rings. The minimum Gasteiger partial charge on any atom is -0.455 e. The van der Waals surface area contributed by atoms with Gasteiger partial charge < -0.3 is 13.9 Å². The van der Waals surface area contributed by atoms with Gasteiger partial charge in [-0.15, -0.1) is 0 Å². The monoisotopic (exact) mass is 828 g/mol. The fourth-order valence-electron chi connectivity index (χ4n) is 10.2. The third-order valence-electron chi connectivity index (χ3n) is 13.2. The Kier molecular flexibility index (Phi) is 8.53. The highest BCUT2D eigenvalue weighted by Crippen LogP contribution is 2.46. The highest BCUT2D eigenvalue weighted by atomic mass is 16.3. The number of hydrogen-bond acceptors (Lipinski definition) is 2. The molecule has 0 aliphatic heterocycles. The Labute approximate surface area is 376 Å². The predicted molar refractivity (Wildman–Crippen MR) is 274 cm³/mol. The molecule has 0 aliphatic carbocycles. The molecule has 3 heteroatoms. The van der Waals surface area contributed by atoms with E-state index in [9.17, 15) is 0 Å². The number of hydrogen-bond donors (Lipinski definition) is 0. The number of para-hydroxylation sites is 6. The van der Waals surface area contributed by atoms with Gasteiger partial charge in [-0.1, -0.05) is 182 Å². The van der Waals surface area contributed by atoms with E-state index in [2.05, 4.69) is 246 Å². The van der Waals surface area contributed by atoms with Crippen molar-refractivity contribution in [3.05, 3.63) is 243 Å². The lowest BCUT2D eigenvalue weighted by Gasteiger charge is -2.29. The van der Waals surface area contributed by atoms with Crippen molar-refractivity contribution >= 4 is 82.4 Å². The van der Waals surface area contributed by atoms with Gasteiger partial charge in [-0.25, -0.2) is 0 Å². The maximum absolute atomic E-state index is 6.60. The van der Waals surface area contributed by atoms with Crippen LogP contribution in [-0.4, -0.2) is 4.57 Å². The van der Waals surface area contributed by atoms with Crippen LogP contribution in [-0.2, 0) is 0 Å². The second-order valence-corrected chi connectivity index (χ2v) is 16.8. The third kappa shape index (κ3) is 6.05.